The third-order valence-electron chi connectivity index (χ3n) is 4.11. The molecule has 1 aromatic heterocycles. The summed E-state index contributed by atoms with van der Waals surface area (Å²) in [6, 6.07) is 5.99. The zero-order valence-electron chi connectivity index (χ0n) is 18.0. The van der Waals surface area contributed by atoms with Crippen molar-refractivity contribution in [3.63, 3.8) is 0 Å². The van der Waals surface area contributed by atoms with E-state index < -0.39 is 0 Å². The van der Waals surface area contributed by atoms with Gasteiger partial charge in [0.2, 0.25) is 5.91 Å². The number of benzene rings is 1. The minimum absolute atomic E-state index is 0.130. The van der Waals surface area contributed by atoms with E-state index in [0.717, 1.165) is 5.39 Å². The molecule has 0 saturated carbocycles. The third-order valence-corrected chi connectivity index (χ3v) is 4.11. The molecule has 7 heteroatoms. The van der Waals surface area contributed by atoms with Crippen LogP contribution in [0.25, 0.3) is 10.9 Å². The fourth-order valence-electron chi connectivity index (χ4n) is 2.91. The molecule has 0 fully saturated rings. The van der Waals surface area contributed by atoms with Crippen LogP contribution in [0.2, 0.25) is 0 Å². The molecule has 1 heterocycles. The summed E-state index contributed by atoms with van der Waals surface area (Å²) in [5, 5.41) is 16.6. The summed E-state index contributed by atoms with van der Waals surface area (Å²) in [4.78, 5) is 18.9. The summed E-state index contributed by atoms with van der Waals surface area (Å²) < 4.78 is 5.73. The van der Waals surface area contributed by atoms with Crippen molar-refractivity contribution < 1.29 is 9.53 Å². The van der Waals surface area contributed by atoms with E-state index in [1.807, 2.05) is 52.8 Å². The number of nitrogens with zero attached hydrogens (tertiary/aromatic N) is 3. The van der Waals surface area contributed by atoms with E-state index in [9.17, 15) is 10.1 Å². The number of aryl methyl sites for hydroxylation is 1. The van der Waals surface area contributed by atoms with E-state index in [1.54, 1.807) is 12.1 Å². The van der Waals surface area contributed by atoms with Crippen LogP contribution in [0, 0.1) is 18.3 Å². The number of ether oxygens (including phenoxy) is 1. The molecule has 7 nitrogen and oxygen atoms in total. The van der Waals surface area contributed by atoms with Gasteiger partial charge in [-0.05, 0) is 47.9 Å². The summed E-state index contributed by atoms with van der Waals surface area (Å²) in [6.45, 7) is 8.84. The van der Waals surface area contributed by atoms with Crippen LogP contribution >= 0.6 is 0 Å². The van der Waals surface area contributed by atoms with Crippen molar-refractivity contribution in [2.24, 2.45) is 0 Å². The summed E-state index contributed by atoms with van der Waals surface area (Å²) in [7, 11) is 3.87. The second-order valence-electron chi connectivity index (χ2n) is 7.31. The summed E-state index contributed by atoms with van der Waals surface area (Å²) in [6.07, 6.45) is 3.29. The molecule has 0 aliphatic carbocycles. The first-order valence-electron chi connectivity index (χ1n) is 9.66. The van der Waals surface area contributed by atoms with Gasteiger partial charge < -0.3 is 20.3 Å². The van der Waals surface area contributed by atoms with Crippen LogP contribution in [0.4, 0.5) is 11.4 Å². The van der Waals surface area contributed by atoms with Crippen molar-refractivity contribution in [3.05, 3.63) is 35.5 Å². The first-order valence-corrected chi connectivity index (χ1v) is 9.66. The topological polar surface area (TPSA) is 90.3 Å². The number of fused-ring (bicyclic) bond motifs is 1. The first-order chi connectivity index (χ1) is 13.8. The van der Waals surface area contributed by atoms with Crippen LogP contribution in [-0.2, 0) is 4.79 Å². The minimum Gasteiger partial charge on any atom is -0.492 e. The van der Waals surface area contributed by atoms with Crippen LogP contribution in [-0.4, -0.2) is 49.1 Å². The molecule has 29 heavy (non-hydrogen) atoms. The van der Waals surface area contributed by atoms with E-state index in [0.29, 0.717) is 47.1 Å². The maximum absolute atomic E-state index is 12.4. The lowest BCUT2D eigenvalue weighted by Gasteiger charge is -2.18. The lowest BCUT2D eigenvalue weighted by atomic mass is 10.0. The highest BCUT2D eigenvalue weighted by Crippen LogP contribution is 2.36. The van der Waals surface area contributed by atoms with Gasteiger partial charge in [0, 0.05) is 30.1 Å². The molecule has 2 N–H and O–H groups in total. The van der Waals surface area contributed by atoms with Gasteiger partial charge in [-0.2, -0.15) is 5.26 Å². The maximum Gasteiger partial charge on any atom is 0.248 e. The van der Waals surface area contributed by atoms with Crippen molar-refractivity contribution in [1.29, 1.82) is 5.26 Å². The van der Waals surface area contributed by atoms with Crippen molar-refractivity contribution in [2.45, 2.75) is 33.7 Å². The Labute approximate surface area is 172 Å². The lowest BCUT2D eigenvalue weighted by Crippen LogP contribution is -2.14. The standard InChI is InChI=1S/C22H29N5O2/c1-7-29-20-12-18-16(11-19(20)26-21(28)9-8-10-27(5)6)22(24-14(2)3)17(13-23)15(4)25-18/h8-9,11-12,14H,7,10H2,1-6H3,(H,24,25)(H,26,28)/b9-8+. The molecule has 1 aromatic carbocycles. The van der Waals surface area contributed by atoms with E-state index >= 15 is 0 Å². The summed E-state index contributed by atoms with van der Waals surface area (Å²) in [5.41, 5.74) is 3.11. The molecule has 0 aliphatic rings. The second kappa shape index (κ2) is 9.89. The van der Waals surface area contributed by atoms with Crippen molar-refractivity contribution >= 4 is 28.2 Å². The Morgan fingerprint density at radius 2 is 2.10 bits per heavy atom. The van der Waals surface area contributed by atoms with Gasteiger partial charge >= 0.3 is 0 Å². The highest BCUT2D eigenvalue weighted by atomic mass is 16.5. The molecule has 0 saturated heterocycles. The Morgan fingerprint density at radius 3 is 2.69 bits per heavy atom. The number of pyridine rings is 1. The molecule has 2 aromatic rings. The predicted octanol–water partition coefficient (Wildman–Crippen LogP) is 3.69. The molecule has 0 spiro atoms. The Balaban J connectivity index is 2.57. The van der Waals surface area contributed by atoms with Gasteiger partial charge in [0.15, 0.2) is 0 Å². The van der Waals surface area contributed by atoms with Crippen molar-refractivity contribution in [1.82, 2.24) is 9.88 Å². The van der Waals surface area contributed by atoms with Crippen LogP contribution in [0.3, 0.4) is 0 Å². The summed E-state index contributed by atoms with van der Waals surface area (Å²) in [5.74, 6) is 0.299. The fourth-order valence-corrected chi connectivity index (χ4v) is 2.91. The van der Waals surface area contributed by atoms with E-state index in [4.69, 9.17) is 4.74 Å². The van der Waals surface area contributed by atoms with Gasteiger partial charge in [0.1, 0.15) is 11.8 Å². The molecule has 154 valence electrons. The van der Waals surface area contributed by atoms with Crippen LogP contribution in [0.15, 0.2) is 24.3 Å². The van der Waals surface area contributed by atoms with Gasteiger partial charge in [0.25, 0.3) is 0 Å². The number of anilines is 2. The fraction of sp³-hybridized carbons (Fsp3) is 0.409. The Kier molecular flexibility index (Phi) is 7.57. The van der Waals surface area contributed by atoms with Crippen LogP contribution in [0.5, 0.6) is 5.75 Å². The molecule has 1 amide bonds. The van der Waals surface area contributed by atoms with Crippen molar-refractivity contribution in [2.75, 3.05) is 37.9 Å². The van der Waals surface area contributed by atoms with Crippen LogP contribution in [0.1, 0.15) is 32.0 Å². The number of hydrogen-bond acceptors (Lipinski definition) is 6. The third kappa shape index (κ3) is 5.69. The molecule has 0 atom stereocenters. The Hall–Kier alpha value is -3.11. The molecule has 2 rings (SSSR count). The molecular weight excluding hydrogens is 366 g/mol. The SMILES string of the molecule is CCOc1cc2nc(C)c(C#N)c(NC(C)C)c2cc1NC(=O)/C=C/CN(C)C. The molecule has 0 bridgehead atoms. The van der Waals surface area contributed by atoms with E-state index in [2.05, 4.69) is 21.7 Å². The normalized spacial score (nSPS) is 11.3. The maximum atomic E-state index is 12.4. The quantitative estimate of drug-likeness (QED) is 0.663. The van der Waals surface area contributed by atoms with Gasteiger partial charge in [0.05, 0.1) is 34.8 Å². The molecule has 0 unspecified atom stereocenters. The van der Waals surface area contributed by atoms with Gasteiger partial charge in [-0.3, -0.25) is 9.78 Å². The number of aromatic nitrogens is 1. The molecule has 0 radical (unpaired) electrons. The monoisotopic (exact) mass is 395 g/mol. The Morgan fingerprint density at radius 1 is 1.38 bits per heavy atom. The number of carbonyl (C=O) groups is 1. The number of carbonyl (C=O) groups excluding carboxylic acids is 1. The number of amides is 1. The first kappa shape index (κ1) is 22.2. The van der Waals surface area contributed by atoms with Gasteiger partial charge in [-0.1, -0.05) is 6.08 Å². The molecule has 0 aliphatic heterocycles. The van der Waals surface area contributed by atoms with Crippen molar-refractivity contribution in [3.8, 4) is 11.8 Å². The Bertz CT molecular complexity index is 958. The van der Waals surface area contributed by atoms with Crippen LogP contribution < -0.4 is 15.4 Å². The zero-order valence-corrected chi connectivity index (χ0v) is 18.0. The van der Waals surface area contributed by atoms with Gasteiger partial charge in [-0.25, -0.2) is 0 Å². The number of nitriles is 1. The average molecular weight is 396 g/mol. The minimum atomic E-state index is -0.244. The number of nitrogens with one attached hydrogen (secondary N) is 2. The largest absolute Gasteiger partial charge is 0.492 e. The number of likely N-dealkylation sites (N-methyl/N-ethyl adjacent to an activating group) is 1. The van der Waals surface area contributed by atoms with E-state index in [-0.39, 0.29) is 11.9 Å². The number of rotatable bonds is 8. The zero-order chi connectivity index (χ0) is 21.6. The average Bonchev–Trinajstić information content (AvgIpc) is 2.62. The highest BCUT2D eigenvalue weighted by Gasteiger charge is 2.17. The van der Waals surface area contributed by atoms with Gasteiger partial charge in [-0.15, -0.1) is 0 Å². The highest BCUT2D eigenvalue weighted by molar-refractivity contribution is 6.04. The molecular formula is C22H29N5O2. The second-order valence-corrected chi connectivity index (χ2v) is 7.31. The smallest absolute Gasteiger partial charge is 0.248 e. The predicted molar refractivity (Wildman–Crippen MR) is 117 cm³/mol. The van der Waals surface area contributed by atoms with E-state index in [1.165, 1.54) is 6.08 Å². The lowest BCUT2D eigenvalue weighted by molar-refractivity contribution is -0.111. The number of hydrogen-bond donors (Lipinski definition) is 2. The summed E-state index contributed by atoms with van der Waals surface area (Å²) >= 11 is 0.